The molecule has 0 amide bonds. The van der Waals surface area contributed by atoms with Crippen molar-refractivity contribution in [2.24, 2.45) is 11.8 Å². The highest BCUT2D eigenvalue weighted by Gasteiger charge is 2.25. The van der Waals surface area contributed by atoms with Crippen LogP contribution in [0.1, 0.15) is 20.3 Å². The quantitative estimate of drug-likeness (QED) is 0.687. The van der Waals surface area contributed by atoms with Crippen LogP contribution in [0.25, 0.3) is 0 Å². The van der Waals surface area contributed by atoms with E-state index in [2.05, 4.69) is 0 Å². The van der Waals surface area contributed by atoms with Crippen molar-refractivity contribution in [3.63, 3.8) is 0 Å². The Balaban J connectivity index is 2.98. The van der Waals surface area contributed by atoms with Gasteiger partial charge in [0.15, 0.2) is 0 Å². The number of carbonyl (C=O) groups is 1. The molecule has 0 aliphatic heterocycles. The fourth-order valence-electron chi connectivity index (χ4n) is 1.50. The van der Waals surface area contributed by atoms with Gasteiger partial charge in [-0.25, -0.2) is 4.79 Å². The normalized spacial score (nSPS) is 22.5. The lowest BCUT2D eigenvalue weighted by molar-refractivity contribution is -0.132. The van der Waals surface area contributed by atoms with Gasteiger partial charge in [0.05, 0.1) is 5.57 Å². The van der Waals surface area contributed by atoms with E-state index in [1.54, 1.807) is 6.08 Å². The smallest absolute Gasteiger partial charge is 0.339 e. The number of carboxylic acid groups (broad SMARTS) is 1. The molecule has 1 aliphatic rings. The Labute approximate surface area is 77.4 Å². The Kier molecular flexibility index (Phi) is 2.76. The summed E-state index contributed by atoms with van der Waals surface area (Å²) < 4.78 is 0. The minimum Gasteiger partial charge on any atom is -0.511 e. The Hall–Kier alpha value is -1.25. The molecule has 13 heavy (non-hydrogen) atoms. The molecule has 3 nitrogen and oxygen atoms in total. The summed E-state index contributed by atoms with van der Waals surface area (Å²) >= 11 is 0. The fourth-order valence-corrected chi connectivity index (χ4v) is 1.50. The fraction of sp³-hybridized carbons (Fsp3) is 0.500. The highest BCUT2D eigenvalue weighted by molar-refractivity contribution is 5.90. The first kappa shape index (κ1) is 9.84. The molecular weight excluding hydrogens is 168 g/mol. The predicted molar refractivity (Wildman–Crippen MR) is 49.4 cm³/mol. The Morgan fingerprint density at radius 2 is 2.23 bits per heavy atom. The van der Waals surface area contributed by atoms with Crippen molar-refractivity contribution in [1.82, 2.24) is 0 Å². The summed E-state index contributed by atoms with van der Waals surface area (Å²) in [6.45, 7) is 3.94. The van der Waals surface area contributed by atoms with Crippen LogP contribution in [0.2, 0.25) is 0 Å². The van der Waals surface area contributed by atoms with Gasteiger partial charge in [-0.3, -0.25) is 0 Å². The molecular formula is C10H14O3. The van der Waals surface area contributed by atoms with Crippen molar-refractivity contribution < 1.29 is 15.0 Å². The largest absolute Gasteiger partial charge is 0.511 e. The summed E-state index contributed by atoms with van der Waals surface area (Å²) in [4.78, 5) is 10.7. The zero-order chi connectivity index (χ0) is 10.0. The van der Waals surface area contributed by atoms with E-state index in [9.17, 15) is 9.90 Å². The highest BCUT2D eigenvalue weighted by atomic mass is 16.4. The molecule has 1 unspecified atom stereocenters. The summed E-state index contributed by atoms with van der Waals surface area (Å²) in [5.74, 6) is -0.820. The van der Waals surface area contributed by atoms with Crippen molar-refractivity contribution in [3.05, 3.63) is 23.5 Å². The van der Waals surface area contributed by atoms with Gasteiger partial charge in [0.2, 0.25) is 0 Å². The second-order valence-corrected chi connectivity index (χ2v) is 3.59. The molecule has 1 aliphatic carbocycles. The van der Waals surface area contributed by atoms with Crippen LogP contribution in [0.4, 0.5) is 0 Å². The average Bonchev–Trinajstić information content (AvgIpc) is 2.03. The van der Waals surface area contributed by atoms with Gasteiger partial charge in [0, 0.05) is 5.92 Å². The number of carboxylic acids is 1. The monoisotopic (exact) mass is 182 g/mol. The van der Waals surface area contributed by atoms with Gasteiger partial charge in [-0.15, -0.1) is 0 Å². The Morgan fingerprint density at radius 1 is 1.62 bits per heavy atom. The van der Waals surface area contributed by atoms with Crippen molar-refractivity contribution in [2.75, 3.05) is 0 Å². The minimum absolute atomic E-state index is 0.0185. The SMILES string of the molecule is CC(C)C1CC=CC(C(=O)O)=C1O. The molecule has 72 valence electrons. The third-order valence-electron chi connectivity index (χ3n) is 2.34. The van der Waals surface area contributed by atoms with Gasteiger partial charge < -0.3 is 10.2 Å². The Morgan fingerprint density at radius 3 is 2.69 bits per heavy atom. The van der Waals surface area contributed by atoms with Crippen molar-refractivity contribution >= 4 is 5.97 Å². The van der Waals surface area contributed by atoms with Crippen molar-refractivity contribution in [1.29, 1.82) is 0 Å². The molecule has 0 spiro atoms. The van der Waals surface area contributed by atoms with Gasteiger partial charge >= 0.3 is 5.97 Å². The van der Waals surface area contributed by atoms with Crippen LogP contribution >= 0.6 is 0 Å². The summed E-state index contributed by atoms with van der Waals surface area (Å²) in [6.07, 6.45) is 3.99. The van der Waals surface area contributed by atoms with Crippen LogP contribution in [0, 0.1) is 11.8 Å². The molecule has 1 atom stereocenters. The van der Waals surface area contributed by atoms with Gasteiger partial charge in [-0.05, 0) is 18.4 Å². The van der Waals surface area contributed by atoms with Gasteiger partial charge in [-0.2, -0.15) is 0 Å². The summed E-state index contributed by atoms with van der Waals surface area (Å²) in [6, 6.07) is 0. The zero-order valence-corrected chi connectivity index (χ0v) is 7.82. The Bertz CT molecular complexity index is 274. The van der Waals surface area contributed by atoms with E-state index in [1.165, 1.54) is 6.08 Å². The van der Waals surface area contributed by atoms with Crippen LogP contribution in [0.5, 0.6) is 0 Å². The van der Waals surface area contributed by atoms with Crippen molar-refractivity contribution in [2.45, 2.75) is 20.3 Å². The van der Waals surface area contributed by atoms with Crippen molar-refractivity contribution in [3.8, 4) is 0 Å². The van der Waals surface area contributed by atoms with Gasteiger partial charge in [0.25, 0.3) is 0 Å². The molecule has 0 aromatic heterocycles. The molecule has 3 heteroatoms. The third kappa shape index (κ3) is 1.91. The molecule has 0 saturated carbocycles. The molecule has 0 aromatic rings. The van der Waals surface area contributed by atoms with E-state index in [4.69, 9.17) is 5.11 Å². The topological polar surface area (TPSA) is 57.5 Å². The number of aliphatic carboxylic acids is 1. The summed E-state index contributed by atoms with van der Waals surface area (Å²) in [7, 11) is 0. The van der Waals surface area contributed by atoms with E-state index in [0.29, 0.717) is 0 Å². The zero-order valence-electron chi connectivity index (χ0n) is 7.82. The summed E-state index contributed by atoms with van der Waals surface area (Å²) in [5.41, 5.74) is 0.0324. The predicted octanol–water partition coefficient (Wildman–Crippen LogP) is 2.12. The number of aliphatic hydroxyl groups is 1. The molecule has 0 fully saturated rings. The first-order valence-electron chi connectivity index (χ1n) is 4.37. The first-order chi connectivity index (χ1) is 6.04. The number of aliphatic hydroxyl groups excluding tert-OH is 1. The van der Waals surface area contributed by atoms with E-state index >= 15 is 0 Å². The highest BCUT2D eigenvalue weighted by Crippen LogP contribution is 2.29. The van der Waals surface area contributed by atoms with Gasteiger partial charge in [0.1, 0.15) is 5.76 Å². The summed E-state index contributed by atoms with van der Waals surface area (Å²) in [5, 5.41) is 18.4. The standard InChI is InChI=1S/C10H14O3/c1-6(2)7-4-3-5-8(9(7)11)10(12)13/h3,5-7,11H,4H2,1-2H3,(H,12,13). The molecule has 0 saturated heterocycles. The molecule has 0 aromatic carbocycles. The maximum Gasteiger partial charge on any atom is 0.339 e. The minimum atomic E-state index is -1.06. The van der Waals surface area contributed by atoms with E-state index in [1.807, 2.05) is 13.8 Å². The molecule has 0 radical (unpaired) electrons. The number of hydrogen-bond donors (Lipinski definition) is 2. The van der Waals surface area contributed by atoms with E-state index < -0.39 is 5.97 Å². The van der Waals surface area contributed by atoms with Crippen LogP contribution in [0.3, 0.4) is 0 Å². The first-order valence-corrected chi connectivity index (χ1v) is 4.37. The van der Waals surface area contributed by atoms with Crippen LogP contribution in [-0.4, -0.2) is 16.2 Å². The van der Waals surface area contributed by atoms with Crippen LogP contribution < -0.4 is 0 Å². The van der Waals surface area contributed by atoms with E-state index in [0.717, 1.165) is 6.42 Å². The second-order valence-electron chi connectivity index (χ2n) is 3.59. The lowest BCUT2D eigenvalue weighted by Gasteiger charge is -2.22. The number of rotatable bonds is 2. The number of allylic oxidation sites excluding steroid dienone is 2. The maximum absolute atomic E-state index is 10.7. The molecule has 1 rings (SSSR count). The molecule has 2 N–H and O–H groups in total. The van der Waals surface area contributed by atoms with Crippen LogP contribution in [-0.2, 0) is 4.79 Å². The lowest BCUT2D eigenvalue weighted by Crippen LogP contribution is -2.18. The van der Waals surface area contributed by atoms with Gasteiger partial charge in [-0.1, -0.05) is 19.9 Å². The molecule has 0 bridgehead atoms. The molecule has 0 heterocycles. The van der Waals surface area contributed by atoms with Crippen LogP contribution in [0.15, 0.2) is 23.5 Å². The number of hydrogen-bond acceptors (Lipinski definition) is 2. The lowest BCUT2D eigenvalue weighted by atomic mass is 9.85. The average molecular weight is 182 g/mol. The second kappa shape index (κ2) is 3.64. The third-order valence-corrected chi connectivity index (χ3v) is 2.34. The maximum atomic E-state index is 10.7. The van der Waals surface area contributed by atoms with E-state index in [-0.39, 0.29) is 23.2 Å².